The van der Waals surface area contributed by atoms with Crippen LogP contribution in [0, 0.1) is 0 Å². The van der Waals surface area contributed by atoms with Crippen LogP contribution < -0.4 is 0 Å². The third-order valence-corrected chi connectivity index (χ3v) is 4.57. The van der Waals surface area contributed by atoms with Crippen LogP contribution in [0.3, 0.4) is 0 Å². The molecule has 0 spiro atoms. The summed E-state index contributed by atoms with van der Waals surface area (Å²) in [4.78, 5) is 12.0. The Morgan fingerprint density at radius 3 is 2.84 bits per heavy atom. The Morgan fingerprint density at radius 1 is 1.21 bits per heavy atom. The standard InChI is InChI=1S/C17H22O2/c18-15(14-8-2-1-3-9-14)10-4-6-12-17-13-7-5-11-16(17)19-17/h1-3,8-9,16H,4-7,10-13H2/t16-,17+/m0/s1. The third kappa shape index (κ3) is 2.89. The summed E-state index contributed by atoms with van der Waals surface area (Å²) in [6.45, 7) is 0. The van der Waals surface area contributed by atoms with Crippen molar-refractivity contribution in [1.82, 2.24) is 0 Å². The maximum atomic E-state index is 12.0. The Labute approximate surface area is 115 Å². The van der Waals surface area contributed by atoms with Gasteiger partial charge in [-0.2, -0.15) is 0 Å². The van der Waals surface area contributed by atoms with Crippen molar-refractivity contribution < 1.29 is 9.53 Å². The fraction of sp³-hybridized carbons (Fsp3) is 0.588. The number of ether oxygens (including phenoxy) is 1. The lowest BCUT2D eigenvalue weighted by atomic mass is 9.85. The van der Waals surface area contributed by atoms with Crippen LogP contribution in [0.2, 0.25) is 0 Å². The molecule has 0 radical (unpaired) electrons. The number of rotatable bonds is 6. The predicted molar refractivity (Wildman–Crippen MR) is 75.3 cm³/mol. The van der Waals surface area contributed by atoms with Gasteiger partial charge < -0.3 is 4.74 Å². The number of hydrogen-bond donors (Lipinski definition) is 0. The summed E-state index contributed by atoms with van der Waals surface area (Å²) in [5.41, 5.74) is 1.08. The molecule has 1 aliphatic carbocycles. The molecule has 1 aromatic carbocycles. The van der Waals surface area contributed by atoms with E-state index in [9.17, 15) is 4.79 Å². The number of epoxide rings is 1. The molecule has 0 N–H and O–H groups in total. The van der Waals surface area contributed by atoms with Crippen LogP contribution in [-0.2, 0) is 4.74 Å². The van der Waals surface area contributed by atoms with Gasteiger partial charge in [-0.05, 0) is 25.7 Å². The molecule has 1 saturated carbocycles. The van der Waals surface area contributed by atoms with Crippen molar-refractivity contribution in [1.29, 1.82) is 0 Å². The van der Waals surface area contributed by atoms with Crippen molar-refractivity contribution in [2.45, 2.75) is 63.1 Å². The highest BCUT2D eigenvalue weighted by atomic mass is 16.6. The average Bonchev–Trinajstić information content (AvgIpc) is 3.19. The van der Waals surface area contributed by atoms with Crippen LogP contribution in [0.15, 0.2) is 30.3 Å². The van der Waals surface area contributed by atoms with Crippen LogP contribution in [0.25, 0.3) is 0 Å². The SMILES string of the molecule is O=C(CCCC[C@@]12CCCC[C@@H]1O2)c1ccccc1. The van der Waals surface area contributed by atoms with E-state index in [0.717, 1.165) is 24.8 Å². The molecule has 2 heteroatoms. The Balaban J connectivity index is 1.39. The molecule has 0 amide bonds. The molecular formula is C17H22O2. The molecule has 1 heterocycles. The van der Waals surface area contributed by atoms with Crippen molar-refractivity contribution in [2.75, 3.05) is 0 Å². The van der Waals surface area contributed by atoms with Crippen molar-refractivity contribution in [3.05, 3.63) is 35.9 Å². The normalized spacial score (nSPS) is 28.7. The maximum Gasteiger partial charge on any atom is 0.162 e. The van der Waals surface area contributed by atoms with E-state index in [2.05, 4.69) is 0 Å². The first kappa shape index (κ1) is 12.9. The summed E-state index contributed by atoms with van der Waals surface area (Å²) in [5.74, 6) is 0.273. The van der Waals surface area contributed by atoms with E-state index in [4.69, 9.17) is 4.74 Å². The lowest BCUT2D eigenvalue weighted by Gasteiger charge is -2.16. The molecule has 102 valence electrons. The fourth-order valence-corrected chi connectivity index (χ4v) is 3.37. The Kier molecular flexibility index (Phi) is 3.69. The summed E-state index contributed by atoms with van der Waals surface area (Å²) in [6, 6.07) is 9.61. The molecule has 2 aliphatic rings. The van der Waals surface area contributed by atoms with Gasteiger partial charge in [0.15, 0.2) is 5.78 Å². The van der Waals surface area contributed by atoms with Gasteiger partial charge in [-0.1, -0.05) is 49.6 Å². The van der Waals surface area contributed by atoms with Crippen LogP contribution in [0.4, 0.5) is 0 Å². The molecule has 2 atom stereocenters. The summed E-state index contributed by atoms with van der Waals surface area (Å²) in [7, 11) is 0. The number of benzene rings is 1. The molecule has 1 aromatic rings. The first-order valence-electron chi connectivity index (χ1n) is 7.56. The summed E-state index contributed by atoms with van der Waals surface area (Å²) < 4.78 is 5.87. The van der Waals surface area contributed by atoms with E-state index in [-0.39, 0.29) is 11.4 Å². The summed E-state index contributed by atoms with van der Waals surface area (Å²) in [5, 5.41) is 0. The summed E-state index contributed by atoms with van der Waals surface area (Å²) in [6.07, 6.45) is 9.63. The second kappa shape index (κ2) is 5.46. The predicted octanol–water partition coefficient (Wildman–Crippen LogP) is 4.14. The molecule has 19 heavy (non-hydrogen) atoms. The number of hydrogen-bond acceptors (Lipinski definition) is 2. The van der Waals surface area contributed by atoms with Crippen LogP contribution in [0.1, 0.15) is 61.7 Å². The number of Topliss-reactive ketones (excluding diaryl/α,β-unsaturated/α-hetero) is 1. The van der Waals surface area contributed by atoms with E-state index < -0.39 is 0 Å². The summed E-state index contributed by atoms with van der Waals surface area (Å²) >= 11 is 0. The van der Waals surface area contributed by atoms with Gasteiger partial charge in [0.05, 0.1) is 11.7 Å². The average molecular weight is 258 g/mol. The Bertz CT molecular complexity index is 440. The third-order valence-electron chi connectivity index (χ3n) is 4.57. The highest BCUT2D eigenvalue weighted by molar-refractivity contribution is 5.95. The fourth-order valence-electron chi connectivity index (χ4n) is 3.37. The monoisotopic (exact) mass is 258 g/mol. The number of carbonyl (C=O) groups is 1. The molecule has 0 aromatic heterocycles. The van der Waals surface area contributed by atoms with Crippen LogP contribution in [0.5, 0.6) is 0 Å². The number of fused-ring (bicyclic) bond motifs is 1. The van der Waals surface area contributed by atoms with Crippen molar-refractivity contribution in [3.63, 3.8) is 0 Å². The van der Waals surface area contributed by atoms with Gasteiger partial charge >= 0.3 is 0 Å². The van der Waals surface area contributed by atoms with E-state index in [1.807, 2.05) is 30.3 Å². The Morgan fingerprint density at radius 2 is 2.05 bits per heavy atom. The van der Waals surface area contributed by atoms with Gasteiger partial charge in [-0.3, -0.25) is 4.79 Å². The lowest BCUT2D eigenvalue weighted by Crippen LogP contribution is -2.19. The highest BCUT2D eigenvalue weighted by Gasteiger charge is 2.55. The minimum absolute atomic E-state index is 0.230. The molecule has 1 aliphatic heterocycles. The maximum absolute atomic E-state index is 12.0. The number of unbranched alkanes of at least 4 members (excludes halogenated alkanes) is 1. The number of carbonyl (C=O) groups excluding carboxylic acids is 1. The van der Waals surface area contributed by atoms with Crippen molar-refractivity contribution in [2.24, 2.45) is 0 Å². The van der Waals surface area contributed by atoms with E-state index in [0.29, 0.717) is 12.5 Å². The minimum atomic E-state index is 0.230. The highest BCUT2D eigenvalue weighted by Crippen LogP contribution is 2.50. The zero-order valence-electron chi connectivity index (χ0n) is 11.4. The lowest BCUT2D eigenvalue weighted by molar-refractivity contribution is 0.0978. The van der Waals surface area contributed by atoms with Crippen molar-refractivity contribution >= 4 is 5.78 Å². The molecule has 3 rings (SSSR count). The van der Waals surface area contributed by atoms with Crippen molar-refractivity contribution in [3.8, 4) is 0 Å². The quantitative estimate of drug-likeness (QED) is 0.436. The zero-order valence-corrected chi connectivity index (χ0v) is 11.4. The van der Waals surface area contributed by atoms with E-state index in [1.165, 1.54) is 25.7 Å². The molecule has 2 nitrogen and oxygen atoms in total. The van der Waals surface area contributed by atoms with Gasteiger partial charge in [-0.25, -0.2) is 0 Å². The molecule has 2 fully saturated rings. The van der Waals surface area contributed by atoms with Crippen LogP contribution >= 0.6 is 0 Å². The zero-order chi connectivity index (χ0) is 13.1. The molecular weight excluding hydrogens is 236 g/mol. The second-order valence-corrected chi connectivity index (χ2v) is 5.91. The first-order valence-corrected chi connectivity index (χ1v) is 7.56. The van der Waals surface area contributed by atoms with Gasteiger partial charge in [-0.15, -0.1) is 0 Å². The van der Waals surface area contributed by atoms with E-state index >= 15 is 0 Å². The van der Waals surface area contributed by atoms with Gasteiger partial charge in [0.1, 0.15) is 0 Å². The molecule has 1 saturated heterocycles. The molecule has 0 bridgehead atoms. The van der Waals surface area contributed by atoms with Gasteiger partial charge in [0.25, 0.3) is 0 Å². The first-order chi connectivity index (χ1) is 9.30. The Hall–Kier alpha value is -1.15. The van der Waals surface area contributed by atoms with Gasteiger partial charge in [0.2, 0.25) is 0 Å². The second-order valence-electron chi connectivity index (χ2n) is 5.91. The van der Waals surface area contributed by atoms with Gasteiger partial charge in [0, 0.05) is 12.0 Å². The smallest absolute Gasteiger partial charge is 0.162 e. The topological polar surface area (TPSA) is 29.6 Å². The van der Waals surface area contributed by atoms with Crippen LogP contribution in [-0.4, -0.2) is 17.5 Å². The van der Waals surface area contributed by atoms with E-state index in [1.54, 1.807) is 0 Å². The number of ketones is 1. The molecule has 0 unspecified atom stereocenters. The largest absolute Gasteiger partial charge is 0.366 e. The minimum Gasteiger partial charge on any atom is -0.366 e.